The number of methoxy groups -OCH3 is 1. The van der Waals surface area contributed by atoms with Crippen LogP contribution in [0.15, 0.2) is 48.5 Å². The summed E-state index contributed by atoms with van der Waals surface area (Å²) in [7, 11) is 5.52. The highest BCUT2D eigenvalue weighted by atomic mass is 16.5. The number of carbonyl (C=O) groups excluding carboxylic acids is 2. The molecule has 172 valence electrons. The number of anilines is 1. The highest BCUT2D eigenvalue weighted by Crippen LogP contribution is 2.27. The predicted molar refractivity (Wildman–Crippen MR) is 125 cm³/mol. The minimum absolute atomic E-state index is 0.0770. The van der Waals surface area contributed by atoms with E-state index in [9.17, 15) is 9.59 Å². The number of hydrogen-bond acceptors (Lipinski definition) is 5. The maximum atomic E-state index is 13.2. The average molecular weight is 440 g/mol. The summed E-state index contributed by atoms with van der Waals surface area (Å²) in [6, 6.07) is 14.3. The first-order valence-electron chi connectivity index (χ1n) is 10.9. The van der Waals surface area contributed by atoms with Gasteiger partial charge in [0.2, 0.25) is 0 Å². The summed E-state index contributed by atoms with van der Waals surface area (Å²) < 4.78 is 11.8. The molecule has 32 heavy (non-hydrogen) atoms. The van der Waals surface area contributed by atoms with Crippen LogP contribution in [-0.2, 0) is 4.74 Å². The molecule has 0 aromatic heterocycles. The van der Waals surface area contributed by atoms with E-state index in [0.717, 1.165) is 6.54 Å². The van der Waals surface area contributed by atoms with Crippen LogP contribution in [0.1, 0.15) is 34.6 Å². The molecule has 2 aromatic rings. The second kappa shape index (κ2) is 10.6. The largest absolute Gasteiger partial charge is 0.491 e. The third-order valence-corrected chi connectivity index (χ3v) is 6.05. The lowest BCUT2D eigenvalue weighted by Crippen LogP contribution is -2.45. The van der Waals surface area contributed by atoms with Crippen molar-refractivity contribution in [2.45, 2.75) is 26.0 Å². The Labute approximate surface area is 190 Å². The second-order valence-electron chi connectivity index (χ2n) is 8.57. The fourth-order valence-corrected chi connectivity index (χ4v) is 3.82. The topological polar surface area (TPSA) is 71.1 Å². The van der Waals surface area contributed by atoms with Crippen molar-refractivity contribution in [3.63, 3.8) is 0 Å². The molecule has 2 amide bonds. The molecule has 3 rings (SSSR count). The number of likely N-dealkylation sites (N-methyl/N-ethyl adjacent to an activating group) is 2. The molecule has 7 nitrogen and oxygen atoms in total. The van der Waals surface area contributed by atoms with Crippen LogP contribution in [0.3, 0.4) is 0 Å². The molecule has 0 saturated heterocycles. The van der Waals surface area contributed by atoms with Gasteiger partial charge in [-0.2, -0.15) is 0 Å². The van der Waals surface area contributed by atoms with Gasteiger partial charge >= 0.3 is 0 Å². The molecule has 3 atom stereocenters. The standard InChI is InChI=1S/C25H33N3O4/c1-17-14-27(3)18(2)16-32-22-13-20(26-24(29)19-9-7-6-8-10-19)11-12-21(22)25(30)28(4)15-23(17)31-5/h6-13,17-18,23H,14-16H2,1-5H3,(H,26,29)/t17-,18+,23+/m1/s1. The van der Waals surface area contributed by atoms with Crippen LogP contribution >= 0.6 is 0 Å². The van der Waals surface area contributed by atoms with Gasteiger partial charge in [0.15, 0.2) is 0 Å². The molecule has 0 fully saturated rings. The summed E-state index contributed by atoms with van der Waals surface area (Å²) in [5.41, 5.74) is 1.60. The first kappa shape index (κ1) is 23.8. The molecule has 0 bridgehead atoms. The number of benzene rings is 2. The SMILES string of the molecule is CO[C@H]1CN(C)C(=O)c2ccc(NC(=O)c3ccccc3)cc2OC[C@H](C)N(C)C[C@H]1C. The lowest BCUT2D eigenvalue weighted by molar-refractivity contribution is 0.0150. The molecule has 7 heteroatoms. The lowest BCUT2D eigenvalue weighted by Gasteiger charge is -2.34. The van der Waals surface area contributed by atoms with E-state index in [-0.39, 0.29) is 29.9 Å². The van der Waals surface area contributed by atoms with E-state index in [0.29, 0.717) is 35.7 Å². The zero-order chi connectivity index (χ0) is 23.3. The van der Waals surface area contributed by atoms with Gasteiger partial charge in [0.1, 0.15) is 12.4 Å². The number of fused-ring (bicyclic) bond motifs is 1. The van der Waals surface area contributed by atoms with Crippen LogP contribution in [0, 0.1) is 5.92 Å². The van der Waals surface area contributed by atoms with E-state index in [2.05, 4.69) is 31.1 Å². The normalized spacial score (nSPS) is 22.8. The molecule has 0 aliphatic carbocycles. The van der Waals surface area contributed by atoms with Crippen LogP contribution in [-0.4, -0.2) is 74.7 Å². The summed E-state index contributed by atoms with van der Waals surface area (Å²) in [5, 5.41) is 2.89. The van der Waals surface area contributed by atoms with Crippen LogP contribution in [0.25, 0.3) is 0 Å². The maximum absolute atomic E-state index is 13.2. The van der Waals surface area contributed by atoms with Gasteiger partial charge in [-0.25, -0.2) is 0 Å². The number of nitrogens with one attached hydrogen (secondary N) is 1. The van der Waals surface area contributed by atoms with Gasteiger partial charge in [-0.3, -0.25) is 14.5 Å². The predicted octanol–water partition coefficient (Wildman–Crippen LogP) is 3.37. The van der Waals surface area contributed by atoms with Crippen LogP contribution in [0.5, 0.6) is 5.75 Å². The fourth-order valence-electron chi connectivity index (χ4n) is 3.82. The molecule has 1 heterocycles. The molecular formula is C25H33N3O4. The van der Waals surface area contributed by atoms with Crippen molar-refractivity contribution in [1.82, 2.24) is 9.80 Å². The Hall–Kier alpha value is -2.90. The number of amides is 2. The van der Waals surface area contributed by atoms with E-state index < -0.39 is 0 Å². The van der Waals surface area contributed by atoms with Gasteiger partial charge < -0.3 is 19.7 Å². The summed E-state index contributed by atoms with van der Waals surface area (Å²) in [5.74, 6) is 0.344. The van der Waals surface area contributed by atoms with Crippen molar-refractivity contribution in [3.8, 4) is 5.75 Å². The Kier molecular flexibility index (Phi) is 7.88. The number of ether oxygens (including phenoxy) is 2. The minimum Gasteiger partial charge on any atom is -0.491 e. The van der Waals surface area contributed by atoms with Crippen molar-refractivity contribution in [2.24, 2.45) is 5.92 Å². The van der Waals surface area contributed by atoms with E-state index in [1.54, 1.807) is 49.4 Å². The highest BCUT2D eigenvalue weighted by Gasteiger charge is 2.27. The van der Waals surface area contributed by atoms with E-state index >= 15 is 0 Å². The van der Waals surface area contributed by atoms with Gasteiger partial charge in [-0.05, 0) is 44.2 Å². The number of carbonyl (C=O) groups is 2. The average Bonchev–Trinajstić information content (AvgIpc) is 2.80. The Bertz CT molecular complexity index is 934. The summed E-state index contributed by atoms with van der Waals surface area (Å²) in [6.45, 7) is 5.95. The second-order valence-corrected chi connectivity index (χ2v) is 8.57. The molecule has 1 aliphatic rings. The third-order valence-electron chi connectivity index (χ3n) is 6.05. The zero-order valence-electron chi connectivity index (χ0n) is 19.5. The summed E-state index contributed by atoms with van der Waals surface area (Å²) in [4.78, 5) is 29.7. The van der Waals surface area contributed by atoms with E-state index in [1.807, 2.05) is 18.2 Å². The molecule has 0 radical (unpaired) electrons. The van der Waals surface area contributed by atoms with E-state index in [1.165, 1.54) is 0 Å². The summed E-state index contributed by atoms with van der Waals surface area (Å²) >= 11 is 0. The number of nitrogens with zero attached hydrogens (tertiary/aromatic N) is 2. The first-order valence-corrected chi connectivity index (χ1v) is 10.9. The fraction of sp³-hybridized carbons (Fsp3) is 0.440. The van der Waals surface area contributed by atoms with Crippen LogP contribution in [0.4, 0.5) is 5.69 Å². The van der Waals surface area contributed by atoms with Crippen molar-refractivity contribution in [1.29, 1.82) is 0 Å². The Morgan fingerprint density at radius 3 is 2.50 bits per heavy atom. The number of rotatable bonds is 3. The highest BCUT2D eigenvalue weighted by molar-refractivity contribution is 6.05. The van der Waals surface area contributed by atoms with Crippen LogP contribution in [0.2, 0.25) is 0 Å². The van der Waals surface area contributed by atoms with Crippen LogP contribution < -0.4 is 10.1 Å². The smallest absolute Gasteiger partial charge is 0.257 e. The van der Waals surface area contributed by atoms with Gasteiger partial charge in [-0.1, -0.05) is 25.1 Å². The lowest BCUT2D eigenvalue weighted by atomic mass is 10.0. The molecule has 0 saturated carbocycles. The Morgan fingerprint density at radius 1 is 1.09 bits per heavy atom. The van der Waals surface area contributed by atoms with Gasteiger partial charge in [0, 0.05) is 50.6 Å². The maximum Gasteiger partial charge on any atom is 0.257 e. The molecule has 1 N–H and O–H groups in total. The molecular weight excluding hydrogens is 406 g/mol. The quantitative estimate of drug-likeness (QED) is 0.794. The van der Waals surface area contributed by atoms with Crippen molar-refractivity contribution in [3.05, 3.63) is 59.7 Å². The minimum atomic E-state index is -0.216. The van der Waals surface area contributed by atoms with Crippen molar-refractivity contribution < 1.29 is 19.1 Å². The first-order chi connectivity index (χ1) is 15.3. The van der Waals surface area contributed by atoms with Crippen molar-refractivity contribution >= 4 is 17.5 Å². The van der Waals surface area contributed by atoms with E-state index in [4.69, 9.17) is 9.47 Å². The monoisotopic (exact) mass is 439 g/mol. The molecule has 0 unspecified atom stereocenters. The third kappa shape index (κ3) is 5.66. The molecule has 0 spiro atoms. The molecule has 2 aromatic carbocycles. The van der Waals surface area contributed by atoms with Gasteiger partial charge in [0.25, 0.3) is 11.8 Å². The molecule has 1 aliphatic heterocycles. The Balaban J connectivity index is 1.89. The van der Waals surface area contributed by atoms with Gasteiger partial charge in [-0.15, -0.1) is 0 Å². The summed E-state index contributed by atoms with van der Waals surface area (Å²) in [6.07, 6.45) is -0.0770. The zero-order valence-corrected chi connectivity index (χ0v) is 19.5. The number of hydrogen-bond donors (Lipinski definition) is 1. The van der Waals surface area contributed by atoms with Crippen molar-refractivity contribution in [2.75, 3.05) is 46.2 Å². The Morgan fingerprint density at radius 2 is 1.81 bits per heavy atom. The van der Waals surface area contributed by atoms with Gasteiger partial charge in [0.05, 0.1) is 11.7 Å².